The zero-order chi connectivity index (χ0) is 24.5. The van der Waals surface area contributed by atoms with E-state index in [1.54, 1.807) is 0 Å². The van der Waals surface area contributed by atoms with Gasteiger partial charge in [0.25, 0.3) is 0 Å². The van der Waals surface area contributed by atoms with Crippen LogP contribution in [0.5, 0.6) is 0 Å². The van der Waals surface area contributed by atoms with Crippen LogP contribution in [0.2, 0.25) is 0 Å². The molecule has 5 heteroatoms. The topological polar surface area (TPSA) is 33.1 Å². The molecule has 1 fully saturated rings. The maximum atomic E-state index is 5.93. The number of nitrogens with one attached hydrogen (secondary N) is 1. The smallest absolute Gasteiger partial charge is 0.174 e. The predicted molar refractivity (Wildman–Crippen MR) is 148 cm³/mol. The summed E-state index contributed by atoms with van der Waals surface area (Å²) in [6, 6.07) is 27.8. The second-order valence-corrected chi connectivity index (χ2v) is 10.0. The van der Waals surface area contributed by atoms with E-state index in [0.717, 1.165) is 23.0 Å². The standard InChI is InChI=1S/C30H32N4S/c1-20(2)24-13-15-25(16-14-24)34-29(28(32-30(34)35)27-12-8-9-17-31-27)26-18-21(3)33(22(26)4)19-23-10-6-5-7-11-23/h5-18,20,28-29H,19H2,1-4H3,(H,32,35)/t28-,29+/m1/s1. The molecule has 0 aliphatic carbocycles. The lowest BCUT2D eigenvalue weighted by Crippen LogP contribution is -2.29. The molecule has 1 N–H and O–H groups in total. The van der Waals surface area contributed by atoms with Gasteiger partial charge in [0.2, 0.25) is 0 Å². The van der Waals surface area contributed by atoms with Gasteiger partial charge in [-0.05, 0) is 79.0 Å². The van der Waals surface area contributed by atoms with Gasteiger partial charge in [-0.1, -0.05) is 62.4 Å². The van der Waals surface area contributed by atoms with E-state index in [2.05, 4.69) is 109 Å². The number of aryl methyl sites for hydroxylation is 1. The number of hydrogen-bond acceptors (Lipinski definition) is 2. The molecule has 1 aliphatic rings. The van der Waals surface area contributed by atoms with Crippen molar-refractivity contribution in [1.29, 1.82) is 0 Å². The largest absolute Gasteiger partial charge is 0.351 e. The summed E-state index contributed by atoms with van der Waals surface area (Å²) in [4.78, 5) is 6.98. The van der Waals surface area contributed by atoms with Crippen molar-refractivity contribution < 1.29 is 0 Å². The van der Waals surface area contributed by atoms with Crippen molar-refractivity contribution in [3.05, 3.63) is 119 Å². The lowest BCUT2D eigenvalue weighted by Gasteiger charge is -2.28. The first kappa shape index (κ1) is 23.3. The number of benzene rings is 2. The Labute approximate surface area is 213 Å². The first-order valence-electron chi connectivity index (χ1n) is 12.2. The van der Waals surface area contributed by atoms with E-state index in [4.69, 9.17) is 17.2 Å². The molecule has 178 valence electrons. The fourth-order valence-electron chi connectivity index (χ4n) is 5.11. The molecule has 0 amide bonds. The third-order valence-corrected chi connectivity index (χ3v) is 7.37. The highest BCUT2D eigenvalue weighted by atomic mass is 32.1. The first-order chi connectivity index (χ1) is 16.9. The molecule has 0 bridgehead atoms. The van der Waals surface area contributed by atoms with Crippen LogP contribution in [-0.2, 0) is 6.54 Å². The quantitative estimate of drug-likeness (QED) is 0.306. The van der Waals surface area contributed by atoms with Gasteiger partial charge in [-0.3, -0.25) is 4.98 Å². The van der Waals surface area contributed by atoms with E-state index < -0.39 is 0 Å². The molecule has 0 spiro atoms. The number of rotatable bonds is 6. The van der Waals surface area contributed by atoms with Crippen molar-refractivity contribution in [2.75, 3.05) is 4.90 Å². The lowest BCUT2D eigenvalue weighted by atomic mass is 9.96. The van der Waals surface area contributed by atoms with Gasteiger partial charge in [0.05, 0.1) is 17.8 Å². The van der Waals surface area contributed by atoms with Gasteiger partial charge in [0.1, 0.15) is 0 Å². The molecule has 35 heavy (non-hydrogen) atoms. The molecular formula is C30H32N4S. The summed E-state index contributed by atoms with van der Waals surface area (Å²) in [6.07, 6.45) is 1.86. The Hall–Kier alpha value is -3.44. The fourth-order valence-corrected chi connectivity index (χ4v) is 5.45. The summed E-state index contributed by atoms with van der Waals surface area (Å²) in [5.41, 5.74) is 8.49. The van der Waals surface area contributed by atoms with Crippen molar-refractivity contribution in [1.82, 2.24) is 14.9 Å². The molecule has 4 aromatic rings. The van der Waals surface area contributed by atoms with Gasteiger partial charge in [-0.15, -0.1) is 0 Å². The molecular weight excluding hydrogens is 448 g/mol. The summed E-state index contributed by atoms with van der Waals surface area (Å²) < 4.78 is 2.40. The van der Waals surface area contributed by atoms with Crippen LogP contribution < -0.4 is 10.2 Å². The molecule has 0 unspecified atom stereocenters. The Morgan fingerprint density at radius 1 is 0.943 bits per heavy atom. The van der Waals surface area contributed by atoms with Gasteiger partial charge < -0.3 is 14.8 Å². The highest BCUT2D eigenvalue weighted by Gasteiger charge is 2.42. The zero-order valence-electron chi connectivity index (χ0n) is 20.8. The zero-order valence-corrected chi connectivity index (χ0v) is 21.6. The average Bonchev–Trinajstić information content (AvgIpc) is 3.36. The van der Waals surface area contributed by atoms with E-state index >= 15 is 0 Å². The molecule has 1 aliphatic heterocycles. The average molecular weight is 481 g/mol. The van der Waals surface area contributed by atoms with Crippen LogP contribution >= 0.6 is 12.2 Å². The molecule has 2 atom stereocenters. The lowest BCUT2D eigenvalue weighted by molar-refractivity contribution is 0.563. The van der Waals surface area contributed by atoms with Crippen molar-refractivity contribution in [3.8, 4) is 0 Å². The van der Waals surface area contributed by atoms with E-state index in [9.17, 15) is 0 Å². The molecule has 5 rings (SSSR count). The Balaban J connectivity index is 1.60. The third kappa shape index (κ3) is 4.48. The molecule has 0 saturated carbocycles. The molecule has 0 radical (unpaired) electrons. The number of thiocarbonyl (C=S) groups is 1. The van der Waals surface area contributed by atoms with Crippen LogP contribution in [0.1, 0.15) is 65.6 Å². The van der Waals surface area contributed by atoms with Gasteiger partial charge >= 0.3 is 0 Å². The van der Waals surface area contributed by atoms with Crippen molar-refractivity contribution in [2.24, 2.45) is 0 Å². The minimum atomic E-state index is -0.0425. The number of hydrogen-bond donors (Lipinski definition) is 1. The van der Waals surface area contributed by atoms with Crippen LogP contribution in [0, 0.1) is 13.8 Å². The van der Waals surface area contributed by atoms with Crippen molar-refractivity contribution >= 4 is 23.0 Å². The minimum Gasteiger partial charge on any atom is -0.351 e. The Morgan fingerprint density at radius 3 is 2.31 bits per heavy atom. The Kier molecular flexibility index (Phi) is 6.44. The van der Waals surface area contributed by atoms with Crippen LogP contribution in [0.3, 0.4) is 0 Å². The monoisotopic (exact) mass is 480 g/mol. The fraction of sp³-hybridized carbons (Fsp3) is 0.267. The highest BCUT2D eigenvalue weighted by molar-refractivity contribution is 7.80. The molecule has 4 nitrogen and oxygen atoms in total. The van der Waals surface area contributed by atoms with E-state index in [1.807, 2.05) is 18.3 Å². The number of pyridine rings is 1. The van der Waals surface area contributed by atoms with E-state index in [-0.39, 0.29) is 12.1 Å². The number of nitrogens with zero attached hydrogens (tertiary/aromatic N) is 3. The molecule has 1 saturated heterocycles. The second-order valence-electron chi connectivity index (χ2n) is 9.64. The summed E-state index contributed by atoms with van der Waals surface area (Å²) in [6.45, 7) is 9.71. The minimum absolute atomic E-state index is 0.00183. The SMILES string of the molecule is Cc1cc([C@H]2[C@@H](c3ccccn3)NC(=S)N2c2ccc(C(C)C)cc2)c(C)n1Cc1ccccc1. The molecule has 2 aromatic heterocycles. The summed E-state index contributed by atoms with van der Waals surface area (Å²) in [7, 11) is 0. The van der Waals surface area contributed by atoms with Crippen LogP contribution in [-0.4, -0.2) is 14.7 Å². The highest BCUT2D eigenvalue weighted by Crippen LogP contribution is 2.43. The van der Waals surface area contributed by atoms with Crippen LogP contribution in [0.25, 0.3) is 0 Å². The summed E-state index contributed by atoms with van der Waals surface area (Å²) in [5, 5.41) is 4.33. The summed E-state index contributed by atoms with van der Waals surface area (Å²) in [5.74, 6) is 0.488. The Morgan fingerprint density at radius 2 is 1.66 bits per heavy atom. The maximum absolute atomic E-state index is 5.93. The van der Waals surface area contributed by atoms with Crippen LogP contribution in [0.4, 0.5) is 5.69 Å². The van der Waals surface area contributed by atoms with E-state index in [0.29, 0.717) is 5.92 Å². The number of aromatic nitrogens is 2. The van der Waals surface area contributed by atoms with Gasteiger partial charge in [-0.2, -0.15) is 0 Å². The number of anilines is 1. The third-order valence-electron chi connectivity index (χ3n) is 7.05. The first-order valence-corrected chi connectivity index (χ1v) is 12.7. The van der Waals surface area contributed by atoms with Gasteiger partial charge in [0.15, 0.2) is 5.11 Å². The van der Waals surface area contributed by atoms with Crippen molar-refractivity contribution in [2.45, 2.75) is 52.2 Å². The van der Waals surface area contributed by atoms with E-state index in [1.165, 1.54) is 28.1 Å². The molecule has 2 aromatic carbocycles. The van der Waals surface area contributed by atoms with Crippen molar-refractivity contribution in [3.63, 3.8) is 0 Å². The second kappa shape index (κ2) is 9.67. The molecule has 3 heterocycles. The van der Waals surface area contributed by atoms with Gasteiger partial charge in [-0.25, -0.2) is 0 Å². The van der Waals surface area contributed by atoms with Crippen LogP contribution in [0.15, 0.2) is 85.1 Å². The predicted octanol–water partition coefficient (Wildman–Crippen LogP) is 6.85. The van der Waals surface area contributed by atoms with Gasteiger partial charge in [0, 0.05) is 29.8 Å². The maximum Gasteiger partial charge on any atom is 0.174 e. The Bertz CT molecular complexity index is 1310. The normalized spacial score (nSPS) is 17.7. The summed E-state index contributed by atoms with van der Waals surface area (Å²) >= 11 is 5.93.